The number of hydrogen-bond acceptors (Lipinski definition) is 3. The highest BCUT2D eigenvalue weighted by Crippen LogP contribution is 2.29. The maximum absolute atomic E-state index is 12.1. The van der Waals surface area contributed by atoms with Crippen molar-refractivity contribution in [2.75, 3.05) is 11.4 Å². The Morgan fingerprint density at radius 2 is 1.79 bits per heavy atom. The molecule has 1 aliphatic rings. The second kappa shape index (κ2) is 5.19. The summed E-state index contributed by atoms with van der Waals surface area (Å²) < 4.78 is 0. The second-order valence-electron chi connectivity index (χ2n) is 3.92. The predicted octanol–water partition coefficient (Wildman–Crippen LogP) is 2.70. The number of rotatable bonds is 2. The van der Waals surface area contributed by atoms with Crippen LogP contribution in [0.15, 0.2) is 18.2 Å². The zero-order valence-corrected chi connectivity index (χ0v) is 11.5. The molecule has 0 saturated carbocycles. The fraction of sp³-hybridized carbons (Fsp3) is 0.250. The van der Waals surface area contributed by atoms with Crippen molar-refractivity contribution in [2.24, 2.45) is 0 Å². The fourth-order valence-electron chi connectivity index (χ4n) is 1.83. The fourth-order valence-corrected chi connectivity index (χ4v) is 2.12. The molecule has 0 aromatic heterocycles. The minimum atomic E-state index is -0.665. The van der Waals surface area contributed by atoms with Crippen molar-refractivity contribution in [1.29, 1.82) is 0 Å². The first-order valence-corrected chi connectivity index (χ1v) is 6.33. The summed E-state index contributed by atoms with van der Waals surface area (Å²) in [6.45, 7) is 1.88. The van der Waals surface area contributed by atoms with E-state index in [0.717, 1.165) is 9.80 Å². The molecule has 1 aliphatic heterocycles. The van der Waals surface area contributed by atoms with E-state index in [1.807, 2.05) is 0 Å². The van der Waals surface area contributed by atoms with Gasteiger partial charge in [-0.25, -0.2) is 9.69 Å². The topological polar surface area (TPSA) is 57.7 Å². The van der Waals surface area contributed by atoms with Gasteiger partial charge in [0.15, 0.2) is 0 Å². The van der Waals surface area contributed by atoms with Crippen molar-refractivity contribution in [1.82, 2.24) is 4.90 Å². The zero-order valence-electron chi connectivity index (χ0n) is 10.0. The molecule has 1 fully saturated rings. The lowest BCUT2D eigenvalue weighted by molar-refractivity contribution is -0.134. The van der Waals surface area contributed by atoms with Crippen molar-refractivity contribution >= 4 is 46.7 Å². The summed E-state index contributed by atoms with van der Waals surface area (Å²) in [4.78, 5) is 37.5. The molecule has 1 aromatic rings. The smallest absolute Gasteiger partial charge is 0.274 e. The number of amides is 4. The van der Waals surface area contributed by atoms with Gasteiger partial charge in [0.25, 0.3) is 0 Å². The summed E-state index contributed by atoms with van der Waals surface area (Å²) in [5.74, 6) is -1.06. The SMILES string of the molecule is CCN1C(=O)CC(=O)N(c2ccc(Cl)c(Cl)c2)C1=O. The first-order valence-electron chi connectivity index (χ1n) is 5.58. The van der Waals surface area contributed by atoms with Crippen LogP contribution in [0.3, 0.4) is 0 Å². The molecule has 19 heavy (non-hydrogen) atoms. The quantitative estimate of drug-likeness (QED) is 0.789. The molecule has 0 unspecified atom stereocenters. The standard InChI is InChI=1S/C12H10Cl2N2O3/c1-2-15-10(17)6-11(18)16(12(15)19)7-3-4-8(13)9(14)5-7/h3-5H,2,6H2,1H3. The molecule has 0 radical (unpaired) electrons. The van der Waals surface area contributed by atoms with E-state index in [-0.39, 0.29) is 18.0 Å². The van der Waals surface area contributed by atoms with Crippen LogP contribution < -0.4 is 4.90 Å². The number of benzene rings is 1. The summed E-state index contributed by atoms with van der Waals surface area (Å²) >= 11 is 11.7. The average Bonchev–Trinajstić information content (AvgIpc) is 2.33. The molecule has 7 heteroatoms. The zero-order chi connectivity index (χ0) is 14.2. The molecular weight excluding hydrogens is 291 g/mol. The van der Waals surface area contributed by atoms with Gasteiger partial charge in [0, 0.05) is 6.54 Å². The lowest BCUT2D eigenvalue weighted by Gasteiger charge is -2.32. The van der Waals surface area contributed by atoms with Gasteiger partial charge in [-0.3, -0.25) is 14.5 Å². The largest absolute Gasteiger partial charge is 0.338 e. The highest BCUT2D eigenvalue weighted by atomic mass is 35.5. The van der Waals surface area contributed by atoms with E-state index in [9.17, 15) is 14.4 Å². The van der Waals surface area contributed by atoms with Crippen LogP contribution in [0, 0.1) is 0 Å². The summed E-state index contributed by atoms with van der Waals surface area (Å²) in [6, 6.07) is 3.76. The van der Waals surface area contributed by atoms with Gasteiger partial charge < -0.3 is 0 Å². The molecule has 0 atom stereocenters. The summed E-state index contributed by atoms with van der Waals surface area (Å²) in [7, 11) is 0. The highest BCUT2D eigenvalue weighted by Gasteiger charge is 2.37. The Bertz CT molecular complexity index is 574. The van der Waals surface area contributed by atoms with Crippen molar-refractivity contribution in [3.8, 4) is 0 Å². The van der Waals surface area contributed by atoms with Crippen LogP contribution in [0.5, 0.6) is 0 Å². The summed E-state index contributed by atoms with van der Waals surface area (Å²) in [5, 5.41) is 0.561. The summed E-state index contributed by atoms with van der Waals surface area (Å²) in [6.07, 6.45) is -0.334. The van der Waals surface area contributed by atoms with Crippen LogP contribution >= 0.6 is 23.2 Å². The molecule has 0 spiro atoms. The van der Waals surface area contributed by atoms with Gasteiger partial charge in [0.2, 0.25) is 11.8 Å². The van der Waals surface area contributed by atoms with E-state index in [0.29, 0.717) is 10.7 Å². The van der Waals surface area contributed by atoms with E-state index >= 15 is 0 Å². The van der Waals surface area contributed by atoms with Gasteiger partial charge in [0.1, 0.15) is 6.42 Å². The predicted molar refractivity (Wildman–Crippen MR) is 71.3 cm³/mol. The highest BCUT2D eigenvalue weighted by molar-refractivity contribution is 6.42. The lowest BCUT2D eigenvalue weighted by Crippen LogP contribution is -2.55. The Morgan fingerprint density at radius 1 is 1.11 bits per heavy atom. The van der Waals surface area contributed by atoms with E-state index in [4.69, 9.17) is 23.2 Å². The van der Waals surface area contributed by atoms with Crippen LogP contribution in [-0.2, 0) is 9.59 Å². The number of urea groups is 1. The van der Waals surface area contributed by atoms with Gasteiger partial charge in [-0.1, -0.05) is 23.2 Å². The van der Waals surface area contributed by atoms with Crippen LogP contribution in [0.1, 0.15) is 13.3 Å². The monoisotopic (exact) mass is 300 g/mol. The van der Waals surface area contributed by atoms with Crippen molar-refractivity contribution in [3.63, 3.8) is 0 Å². The van der Waals surface area contributed by atoms with Crippen LogP contribution in [0.4, 0.5) is 10.5 Å². The molecule has 4 amide bonds. The number of halogens is 2. The molecule has 1 saturated heterocycles. The Labute approximate surface area is 119 Å². The molecule has 1 heterocycles. The minimum Gasteiger partial charge on any atom is -0.274 e. The van der Waals surface area contributed by atoms with E-state index < -0.39 is 17.8 Å². The van der Waals surface area contributed by atoms with Gasteiger partial charge in [-0.15, -0.1) is 0 Å². The van der Waals surface area contributed by atoms with Gasteiger partial charge >= 0.3 is 6.03 Å². The Hall–Kier alpha value is -1.59. The van der Waals surface area contributed by atoms with Crippen molar-refractivity contribution in [3.05, 3.63) is 28.2 Å². The Balaban J connectivity index is 2.42. The molecule has 0 aliphatic carbocycles. The third kappa shape index (κ3) is 2.43. The molecule has 1 aromatic carbocycles. The number of carbonyl (C=O) groups is 3. The van der Waals surface area contributed by atoms with Crippen LogP contribution in [0.25, 0.3) is 0 Å². The number of imide groups is 2. The third-order valence-electron chi connectivity index (χ3n) is 2.75. The molecule has 0 bridgehead atoms. The molecule has 5 nitrogen and oxygen atoms in total. The van der Waals surface area contributed by atoms with Gasteiger partial charge in [0.05, 0.1) is 15.7 Å². The van der Waals surface area contributed by atoms with Gasteiger partial charge in [-0.05, 0) is 25.1 Å². The lowest BCUT2D eigenvalue weighted by atomic mass is 10.2. The number of anilines is 1. The number of nitrogens with zero attached hydrogens (tertiary/aromatic N) is 2. The van der Waals surface area contributed by atoms with Crippen LogP contribution in [-0.4, -0.2) is 29.3 Å². The van der Waals surface area contributed by atoms with Gasteiger partial charge in [-0.2, -0.15) is 0 Å². The third-order valence-corrected chi connectivity index (χ3v) is 3.49. The molecule has 100 valence electrons. The molecule has 0 N–H and O–H groups in total. The molecule has 2 rings (SSSR count). The number of barbiturate groups is 1. The minimum absolute atomic E-state index is 0.211. The Kier molecular flexibility index (Phi) is 3.78. The summed E-state index contributed by atoms with van der Waals surface area (Å²) in [5.41, 5.74) is 0.301. The first kappa shape index (κ1) is 13.8. The molecular formula is C12H10Cl2N2O3. The van der Waals surface area contributed by atoms with Crippen molar-refractivity contribution in [2.45, 2.75) is 13.3 Å². The van der Waals surface area contributed by atoms with E-state index in [2.05, 4.69) is 0 Å². The average molecular weight is 301 g/mol. The van der Waals surface area contributed by atoms with Crippen molar-refractivity contribution < 1.29 is 14.4 Å². The normalized spacial score (nSPS) is 16.3. The van der Waals surface area contributed by atoms with E-state index in [1.165, 1.54) is 18.2 Å². The first-order chi connectivity index (χ1) is 8.95. The number of carbonyl (C=O) groups excluding carboxylic acids is 3. The Morgan fingerprint density at radius 3 is 2.37 bits per heavy atom. The van der Waals surface area contributed by atoms with E-state index in [1.54, 1.807) is 6.92 Å². The number of hydrogen-bond donors (Lipinski definition) is 0. The van der Waals surface area contributed by atoms with Crippen LogP contribution in [0.2, 0.25) is 10.0 Å². The second-order valence-corrected chi connectivity index (χ2v) is 4.74. The maximum Gasteiger partial charge on any atom is 0.338 e. The maximum atomic E-state index is 12.1.